The molecule has 1 N–H and O–H groups in total. The van der Waals surface area contributed by atoms with E-state index in [9.17, 15) is 4.79 Å². The summed E-state index contributed by atoms with van der Waals surface area (Å²) >= 11 is 0. The summed E-state index contributed by atoms with van der Waals surface area (Å²) in [6.45, 7) is 2.04. The Kier molecular flexibility index (Phi) is 5.01. The summed E-state index contributed by atoms with van der Waals surface area (Å²) in [5.74, 6) is 0.447. The zero-order valence-corrected chi connectivity index (χ0v) is 15.5. The lowest BCUT2D eigenvalue weighted by molar-refractivity contribution is -0.118. The molecule has 0 atom stereocenters. The molecule has 0 fully saturated rings. The summed E-state index contributed by atoms with van der Waals surface area (Å²) in [5.41, 5.74) is 4.23. The van der Waals surface area contributed by atoms with Gasteiger partial charge in [-0.2, -0.15) is 4.80 Å². The van der Waals surface area contributed by atoms with Crippen molar-refractivity contribution in [1.29, 1.82) is 0 Å². The monoisotopic (exact) mass is 372 g/mol. The molecule has 1 amide bonds. The highest BCUT2D eigenvalue weighted by Gasteiger charge is 2.08. The van der Waals surface area contributed by atoms with E-state index < -0.39 is 0 Å². The second kappa shape index (κ2) is 7.92. The van der Waals surface area contributed by atoms with Crippen LogP contribution in [0.4, 0.5) is 5.69 Å². The molecule has 0 aliphatic carbocycles. The van der Waals surface area contributed by atoms with Gasteiger partial charge in [-0.05, 0) is 54.4 Å². The summed E-state index contributed by atoms with van der Waals surface area (Å²) in [5, 5.41) is 11.8. The van der Waals surface area contributed by atoms with Gasteiger partial charge in [-0.3, -0.25) is 4.79 Å². The van der Waals surface area contributed by atoms with Crippen LogP contribution in [0.25, 0.3) is 16.7 Å². The first-order valence-corrected chi connectivity index (χ1v) is 9.15. The molecule has 4 aromatic rings. The number of aryl methyl sites for hydroxylation is 1. The van der Waals surface area contributed by atoms with E-state index in [1.807, 2.05) is 60.7 Å². The van der Waals surface area contributed by atoms with Crippen molar-refractivity contribution in [3.63, 3.8) is 0 Å². The van der Waals surface area contributed by atoms with Gasteiger partial charge in [-0.25, -0.2) is 0 Å². The molecule has 140 valence electrons. The number of hydrogen-bond acceptors (Lipinski definition) is 4. The van der Waals surface area contributed by atoms with Crippen molar-refractivity contribution in [2.75, 3.05) is 11.9 Å². The van der Waals surface area contributed by atoms with Crippen LogP contribution >= 0.6 is 0 Å². The fourth-order valence-corrected chi connectivity index (χ4v) is 2.84. The van der Waals surface area contributed by atoms with Gasteiger partial charge in [-0.15, -0.1) is 10.2 Å². The average molecular weight is 372 g/mol. The first kappa shape index (κ1) is 17.7. The number of nitrogens with one attached hydrogen (secondary N) is 1. The van der Waals surface area contributed by atoms with E-state index >= 15 is 0 Å². The number of carbonyl (C=O) groups is 1. The second-order valence-corrected chi connectivity index (χ2v) is 6.36. The van der Waals surface area contributed by atoms with Gasteiger partial charge in [0.25, 0.3) is 5.91 Å². The molecular formula is C22H20N4O2. The van der Waals surface area contributed by atoms with Crippen LogP contribution in [0.1, 0.15) is 12.5 Å². The first-order valence-electron chi connectivity index (χ1n) is 9.15. The lowest BCUT2D eigenvalue weighted by atomic mass is 10.2. The Morgan fingerprint density at radius 3 is 2.46 bits per heavy atom. The van der Waals surface area contributed by atoms with E-state index in [2.05, 4.69) is 22.4 Å². The molecule has 4 rings (SSSR count). The molecule has 0 aliphatic heterocycles. The van der Waals surface area contributed by atoms with E-state index in [0.29, 0.717) is 17.0 Å². The molecule has 0 bridgehead atoms. The number of anilines is 1. The minimum absolute atomic E-state index is 0.0553. The van der Waals surface area contributed by atoms with Crippen LogP contribution in [0.5, 0.6) is 5.75 Å². The van der Waals surface area contributed by atoms with Crippen molar-refractivity contribution in [3.8, 4) is 11.4 Å². The predicted molar refractivity (Wildman–Crippen MR) is 109 cm³/mol. The second-order valence-electron chi connectivity index (χ2n) is 6.36. The van der Waals surface area contributed by atoms with Crippen molar-refractivity contribution in [2.45, 2.75) is 13.3 Å². The lowest BCUT2D eigenvalue weighted by Gasteiger charge is -2.08. The Morgan fingerprint density at radius 2 is 1.71 bits per heavy atom. The van der Waals surface area contributed by atoms with Crippen LogP contribution in [-0.2, 0) is 11.2 Å². The van der Waals surface area contributed by atoms with E-state index in [-0.39, 0.29) is 12.5 Å². The summed E-state index contributed by atoms with van der Waals surface area (Å²) < 4.78 is 5.54. The molecule has 1 heterocycles. The van der Waals surface area contributed by atoms with Crippen LogP contribution in [0.2, 0.25) is 0 Å². The average Bonchev–Trinajstić information content (AvgIpc) is 3.17. The van der Waals surface area contributed by atoms with E-state index in [1.165, 1.54) is 5.56 Å². The smallest absolute Gasteiger partial charge is 0.262 e. The van der Waals surface area contributed by atoms with Gasteiger partial charge in [0.15, 0.2) is 6.61 Å². The zero-order chi connectivity index (χ0) is 19.3. The number of hydrogen-bond donors (Lipinski definition) is 1. The van der Waals surface area contributed by atoms with Gasteiger partial charge in [-0.1, -0.05) is 37.3 Å². The normalized spacial score (nSPS) is 10.8. The van der Waals surface area contributed by atoms with Gasteiger partial charge in [0.05, 0.1) is 5.69 Å². The predicted octanol–water partition coefficient (Wildman–Crippen LogP) is 4.00. The molecule has 0 radical (unpaired) electrons. The number of fused-ring (bicyclic) bond motifs is 1. The number of amides is 1. The summed E-state index contributed by atoms with van der Waals surface area (Å²) in [7, 11) is 0. The van der Waals surface area contributed by atoms with Crippen LogP contribution in [-0.4, -0.2) is 27.5 Å². The highest BCUT2D eigenvalue weighted by Crippen LogP contribution is 2.18. The van der Waals surface area contributed by atoms with Crippen molar-refractivity contribution >= 4 is 22.6 Å². The SMILES string of the molecule is CCc1ccc(OCC(=O)Nc2ccc3nn(-c4ccccc4)nc3c2)cc1. The molecule has 0 aliphatic rings. The number of carbonyl (C=O) groups excluding carboxylic acids is 1. The molecule has 0 spiro atoms. The standard InChI is InChI=1S/C22H20N4O2/c1-2-16-8-11-19(12-9-16)28-15-22(27)23-17-10-13-20-21(14-17)25-26(24-20)18-6-4-3-5-7-18/h3-14H,2,15H2,1H3,(H,23,27). The Hall–Kier alpha value is -3.67. The molecule has 6 heteroatoms. The summed E-state index contributed by atoms with van der Waals surface area (Å²) in [6, 6.07) is 22.9. The summed E-state index contributed by atoms with van der Waals surface area (Å²) in [6.07, 6.45) is 0.970. The molecule has 0 unspecified atom stereocenters. The van der Waals surface area contributed by atoms with Crippen molar-refractivity contribution < 1.29 is 9.53 Å². The third-order valence-corrected chi connectivity index (χ3v) is 4.35. The molecule has 28 heavy (non-hydrogen) atoms. The van der Waals surface area contributed by atoms with Gasteiger partial charge >= 0.3 is 0 Å². The third-order valence-electron chi connectivity index (χ3n) is 4.35. The number of benzene rings is 3. The highest BCUT2D eigenvalue weighted by atomic mass is 16.5. The highest BCUT2D eigenvalue weighted by molar-refractivity contribution is 5.93. The van der Waals surface area contributed by atoms with E-state index in [4.69, 9.17) is 4.74 Å². The molecule has 3 aromatic carbocycles. The Labute approximate surface area is 162 Å². The molecular weight excluding hydrogens is 352 g/mol. The van der Waals surface area contributed by atoms with Crippen LogP contribution < -0.4 is 10.1 Å². The maximum Gasteiger partial charge on any atom is 0.262 e. The van der Waals surface area contributed by atoms with Crippen molar-refractivity contribution in [2.24, 2.45) is 0 Å². The van der Waals surface area contributed by atoms with E-state index in [1.54, 1.807) is 16.9 Å². The quantitative estimate of drug-likeness (QED) is 0.555. The largest absolute Gasteiger partial charge is 0.484 e. The van der Waals surface area contributed by atoms with Gasteiger partial charge in [0.2, 0.25) is 0 Å². The lowest BCUT2D eigenvalue weighted by Crippen LogP contribution is -2.20. The van der Waals surface area contributed by atoms with Crippen molar-refractivity contribution in [1.82, 2.24) is 15.0 Å². The molecule has 0 saturated carbocycles. The number of aromatic nitrogens is 3. The molecule has 0 saturated heterocycles. The topological polar surface area (TPSA) is 69.0 Å². The number of rotatable bonds is 6. The third kappa shape index (κ3) is 4.01. The minimum atomic E-state index is -0.227. The van der Waals surface area contributed by atoms with Crippen LogP contribution in [0.15, 0.2) is 72.8 Å². The van der Waals surface area contributed by atoms with Gasteiger partial charge in [0.1, 0.15) is 16.8 Å². The Morgan fingerprint density at radius 1 is 0.964 bits per heavy atom. The van der Waals surface area contributed by atoms with Gasteiger partial charge in [0, 0.05) is 5.69 Å². The summed E-state index contributed by atoms with van der Waals surface area (Å²) in [4.78, 5) is 13.8. The Balaban J connectivity index is 1.41. The zero-order valence-electron chi connectivity index (χ0n) is 15.5. The van der Waals surface area contributed by atoms with E-state index in [0.717, 1.165) is 17.6 Å². The Bertz CT molecular complexity index is 1090. The maximum atomic E-state index is 12.2. The van der Waals surface area contributed by atoms with Crippen molar-refractivity contribution in [3.05, 3.63) is 78.4 Å². The molecule has 6 nitrogen and oxygen atoms in total. The van der Waals surface area contributed by atoms with Crippen LogP contribution in [0.3, 0.4) is 0 Å². The fraction of sp³-hybridized carbons (Fsp3) is 0.136. The number of para-hydroxylation sites is 1. The fourth-order valence-electron chi connectivity index (χ4n) is 2.84. The van der Waals surface area contributed by atoms with Crippen LogP contribution in [0, 0.1) is 0 Å². The number of ether oxygens (including phenoxy) is 1. The maximum absolute atomic E-state index is 12.2. The minimum Gasteiger partial charge on any atom is -0.484 e. The first-order chi connectivity index (χ1) is 13.7. The molecule has 1 aromatic heterocycles. The number of nitrogens with zero attached hydrogens (tertiary/aromatic N) is 3. The van der Waals surface area contributed by atoms with Gasteiger partial charge < -0.3 is 10.1 Å².